The van der Waals surface area contributed by atoms with Crippen molar-refractivity contribution >= 4 is 0 Å². The molecule has 1 aromatic rings. The molecule has 0 aliphatic carbocycles. The fourth-order valence-electron chi connectivity index (χ4n) is 2.53. The molecule has 2 heterocycles. The van der Waals surface area contributed by atoms with Gasteiger partial charge in [-0.3, -0.25) is 0 Å². The predicted octanol–water partition coefficient (Wildman–Crippen LogP) is 1.81. The number of piperidine rings is 1. The molecule has 2 N–H and O–H groups in total. The Hall–Kier alpha value is -1.00. The van der Waals surface area contributed by atoms with Crippen LogP contribution in [0.4, 0.5) is 0 Å². The average Bonchev–Trinajstić information content (AvgIpc) is 2.39. The topological polar surface area (TPSA) is 55.0 Å². The fraction of sp³-hybridized carbons (Fsp3) is 0.733. The molecular formula is C15H26N4. The van der Waals surface area contributed by atoms with Gasteiger partial charge in [-0.1, -0.05) is 13.8 Å². The van der Waals surface area contributed by atoms with Crippen molar-refractivity contribution in [2.24, 2.45) is 11.1 Å². The van der Waals surface area contributed by atoms with Crippen molar-refractivity contribution < 1.29 is 0 Å². The zero-order chi connectivity index (χ0) is 13.9. The monoisotopic (exact) mass is 262 g/mol. The van der Waals surface area contributed by atoms with Crippen LogP contribution < -0.4 is 5.73 Å². The summed E-state index contributed by atoms with van der Waals surface area (Å²) in [6.45, 7) is 7.32. The van der Waals surface area contributed by atoms with Gasteiger partial charge < -0.3 is 10.6 Å². The van der Waals surface area contributed by atoms with E-state index in [1.54, 1.807) is 0 Å². The van der Waals surface area contributed by atoms with E-state index in [4.69, 9.17) is 10.7 Å². The minimum atomic E-state index is 0.0748. The van der Waals surface area contributed by atoms with Crippen LogP contribution in [0.5, 0.6) is 0 Å². The van der Waals surface area contributed by atoms with Crippen molar-refractivity contribution in [1.29, 1.82) is 0 Å². The lowest BCUT2D eigenvalue weighted by molar-refractivity contribution is 0.253. The van der Waals surface area contributed by atoms with E-state index in [0.29, 0.717) is 12.5 Å². The molecule has 1 aliphatic rings. The third-order valence-electron chi connectivity index (χ3n) is 4.05. The summed E-state index contributed by atoms with van der Waals surface area (Å²) < 4.78 is 0. The van der Waals surface area contributed by atoms with E-state index < -0.39 is 0 Å². The molecule has 1 aromatic heterocycles. The first-order chi connectivity index (χ1) is 9.00. The van der Waals surface area contributed by atoms with E-state index in [9.17, 15) is 0 Å². The van der Waals surface area contributed by atoms with Gasteiger partial charge >= 0.3 is 0 Å². The summed E-state index contributed by atoms with van der Waals surface area (Å²) in [5.41, 5.74) is 7.08. The second-order valence-electron chi connectivity index (χ2n) is 6.52. The number of likely N-dealkylation sites (tertiary alicyclic amines) is 1. The first-order valence-electron chi connectivity index (χ1n) is 7.20. The van der Waals surface area contributed by atoms with Crippen molar-refractivity contribution in [3.05, 3.63) is 23.8 Å². The lowest BCUT2D eigenvalue weighted by atomic mass is 9.89. The SMILES string of the molecule is CN1CCC(c2ccnc(CC(C)(C)CN)n2)CC1. The van der Waals surface area contributed by atoms with E-state index in [1.807, 2.05) is 6.20 Å². The van der Waals surface area contributed by atoms with Crippen LogP contribution in [0.15, 0.2) is 12.3 Å². The van der Waals surface area contributed by atoms with Gasteiger partial charge in [0, 0.05) is 24.2 Å². The van der Waals surface area contributed by atoms with Crippen LogP contribution in [0, 0.1) is 5.41 Å². The van der Waals surface area contributed by atoms with Gasteiger partial charge in [-0.2, -0.15) is 0 Å². The molecular weight excluding hydrogens is 236 g/mol. The summed E-state index contributed by atoms with van der Waals surface area (Å²) >= 11 is 0. The molecule has 0 saturated carbocycles. The molecule has 1 aliphatic heterocycles. The average molecular weight is 262 g/mol. The van der Waals surface area contributed by atoms with E-state index in [1.165, 1.54) is 18.5 Å². The van der Waals surface area contributed by atoms with E-state index in [-0.39, 0.29) is 5.41 Å². The Labute approximate surface area is 116 Å². The summed E-state index contributed by atoms with van der Waals surface area (Å²) in [5, 5.41) is 0. The lowest BCUT2D eigenvalue weighted by Gasteiger charge is -2.29. The van der Waals surface area contributed by atoms with Gasteiger partial charge in [0.15, 0.2) is 0 Å². The number of nitrogens with two attached hydrogens (primary N) is 1. The lowest BCUT2D eigenvalue weighted by Crippen LogP contribution is -2.30. The Kier molecular flexibility index (Phi) is 4.53. The molecule has 0 radical (unpaired) electrons. The maximum absolute atomic E-state index is 5.79. The second kappa shape index (κ2) is 5.97. The van der Waals surface area contributed by atoms with Crippen molar-refractivity contribution in [2.75, 3.05) is 26.7 Å². The zero-order valence-electron chi connectivity index (χ0n) is 12.4. The third-order valence-corrected chi connectivity index (χ3v) is 4.05. The highest BCUT2D eigenvalue weighted by molar-refractivity contribution is 5.10. The normalized spacial score (nSPS) is 18.7. The molecule has 0 unspecified atom stereocenters. The Morgan fingerprint density at radius 1 is 1.37 bits per heavy atom. The molecule has 0 amide bonds. The van der Waals surface area contributed by atoms with E-state index in [0.717, 1.165) is 25.3 Å². The summed E-state index contributed by atoms with van der Waals surface area (Å²) in [7, 11) is 2.19. The minimum absolute atomic E-state index is 0.0748. The van der Waals surface area contributed by atoms with Crippen molar-refractivity contribution in [1.82, 2.24) is 14.9 Å². The summed E-state index contributed by atoms with van der Waals surface area (Å²) in [6.07, 6.45) is 5.16. The van der Waals surface area contributed by atoms with Gasteiger partial charge in [-0.25, -0.2) is 9.97 Å². The molecule has 0 aromatic carbocycles. The highest BCUT2D eigenvalue weighted by atomic mass is 15.1. The van der Waals surface area contributed by atoms with Gasteiger partial charge in [-0.15, -0.1) is 0 Å². The van der Waals surface area contributed by atoms with Crippen LogP contribution >= 0.6 is 0 Å². The number of hydrogen-bond donors (Lipinski definition) is 1. The van der Waals surface area contributed by atoms with Crippen LogP contribution in [0.1, 0.15) is 44.1 Å². The van der Waals surface area contributed by atoms with Crippen LogP contribution in [0.3, 0.4) is 0 Å². The highest BCUT2D eigenvalue weighted by Gasteiger charge is 2.22. The molecule has 0 atom stereocenters. The smallest absolute Gasteiger partial charge is 0.129 e. The molecule has 19 heavy (non-hydrogen) atoms. The van der Waals surface area contributed by atoms with Gasteiger partial charge in [-0.05, 0) is 51.0 Å². The number of nitrogens with zero attached hydrogens (tertiary/aromatic N) is 3. The molecule has 0 bridgehead atoms. The number of aromatic nitrogens is 2. The quantitative estimate of drug-likeness (QED) is 0.899. The van der Waals surface area contributed by atoms with Crippen LogP contribution in [-0.4, -0.2) is 41.5 Å². The van der Waals surface area contributed by atoms with Crippen LogP contribution in [-0.2, 0) is 6.42 Å². The van der Waals surface area contributed by atoms with Crippen LogP contribution in [0.2, 0.25) is 0 Å². The predicted molar refractivity (Wildman–Crippen MR) is 78.0 cm³/mol. The maximum atomic E-state index is 5.79. The Morgan fingerprint density at radius 2 is 2.05 bits per heavy atom. The van der Waals surface area contributed by atoms with Gasteiger partial charge in [0.05, 0.1) is 0 Å². The van der Waals surface area contributed by atoms with E-state index in [2.05, 4.69) is 36.8 Å². The second-order valence-corrected chi connectivity index (χ2v) is 6.52. The number of rotatable bonds is 4. The first-order valence-corrected chi connectivity index (χ1v) is 7.20. The Balaban J connectivity index is 2.07. The maximum Gasteiger partial charge on any atom is 0.129 e. The summed E-state index contributed by atoms with van der Waals surface area (Å²) in [6, 6.07) is 2.08. The van der Waals surface area contributed by atoms with Crippen molar-refractivity contribution in [2.45, 2.75) is 39.0 Å². The Bertz CT molecular complexity index is 408. The molecule has 4 nitrogen and oxygen atoms in total. The molecule has 0 spiro atoms. The number of hydrogen-bond acceptors (Lipinski definition) is 4. The van der Waals surface area contributed by atoms with E-state index >= 15 is 0 Å². The van der Waals surface area contributed by atoms with Crippen molar-refractivity contribution in [3.8, 4) is 0 Å². The van der Waals surface area contributed by atoms with Crippen LogP contribution in [0.25, 0.3) is 0 Å². The molecule has 4 heteroatoms. The zero-order valence-corrected chi connectivity index (χ0v) is 12.4. The molecule has 106 valence electrons. The largest absolute Gasteiger partial charge is 0.330 e. The first kappa shape index (κ1) is 14.4. The molecule has 1 saturated heterocycles. The van der Waals surface area contributed by atoms with Crippen molar-refractivity contribution in [3.63, 3.8) is 0 Å². The van der Waals surface area contributed by atoms with Gasteiger partial charge in [0.2, 0.25) is 0 Å². The van der Waals surface area contributed by atoms with Gasteiger partial charge in [0.1, 0.15) is 5.82 Å². The minimum Gasteiger partial charge on any atom is -0.330 e. The summed E-state index contributed by atoms with van der Waals surface area (Å²) in [4.78, 5) is 11.6. The summed E-state index contributed by atoms with van der Waals surface area (Å²) in [5.74, 6) is 1.53. The van der Waals surface area contributed by atoms with Gasteiger partial charge in [0.25, 0.3) is 0 Å². The third kappa shape index (κ3) is 3.98. The Morgan fingerprint density at radius 3 is 2.68 bits per heavy atom. The molecule has 1 fully saturated rings. The standard InChI is InChI=1S/C15H26N4/c1-15(2,11-16)10-14-17-7-4-13(18-14)12-5-8-19(3)9-6-12/h4,7,12H,5-6,8-11,16H2,1-3H3. The fourth-order valence-corrected chi connectivity index (χ4v) is 2.53. The highest BCUT2D eigenvalue weighted by Crippen LogP contribution is 2.26. The molecule has 2 rings (SSSR count).